The molecule has 2 aromatic rings. The monoisotopic (exact) mass is 281 g/mol. The molecule has 1 aliphatic heterocycles. The van der Waals surface area contributed by atoms with Gasteiger partial charge in [-0.05, 0) is 25.1 Å². The first-order valence-electron chi connectivity index (χ1n) is 6.49. The predicted molar refractivity (Wildman–Crippen MR) is 79.3 cm³/mol. The number of amides is 1. The van der Waals surface area contributed by atoms with Crippen LogP contribution in [0.2, 0.25) is 0 Å². The van der Waals surface area contributed by atoms with Gasteiger partial charge in [-0.15, -0.1) is 0 Å². The summed E-state index contributed by atoms with van der Waals surface area (Å²) in [5, 5.41) is 2.70. The van der Waals surface area contributed by atoms with Crippen molar-refractivity contribution in [3.8, 4) is 0 Å². The van der Waals surface area contributed by atoms with Crippen LogP contribution in [0.4, 0.5) is 10.1 Å². The first-order chi connectivity index (χ1) is 10.1. The number of hydrogen-bond donors (Lipinski definition) is 1. The first kappa shape index (κ1) is 13.2. The molecule has 0 atom stereocenters. The highest BCUT2D eigenvalue weighted by molar-refractivity contribution is 6.35. The van der Waals surface area contributed by atoms with Crippen LogP contribution in [0.15, 0.2) is 42.5 Å². The molecular weight excluding hydrogens is 269 g/mol. The van der Waals surface area contributed by atoms with Crippen molar-refractivity contribution in [2.24, 2.45) is 0 Å². The van der Waals surface area contributed by atoms with Gasteiger partial charge in [0, 0.05) is 28.0 Å². The van der Waals surface area contributed by atoms with Crippen molar-refractivity contribution < 1.29 is 14.0 Å². The first-order valence-corrected chi connectivity index (χ1v) is 6.49. The molecule has 0 saturated carbocycles. The van der Waals surface area contributed by atoms with Gasteiger partial charge < -0.3 is 5.32 Å². The number of carbonyl (C=O) groups excluding carboxylic acids is 2. The molecule has 1 N–H and O–H groups in total. The Balaban J connectivity index is 2.09. The number of nitrogens with one attached hydrogen (secondary N) is 1. The second-order valence-electron chi connectivity index (χ2n) is 4.85. The average Bonchev–Trinajstić information content (AvgIpc) is 2.76. The molecule has 4 heteroatoms. The van der Waals surface area contributed by atoms with Gasteiger partial charge in [0.15, 0.2) is 5.78 Å². The predicted octanol–water partition coefficient (Wildman–Crippen LogP) is 3.52. The van der Waals surface area contributed by atoms with Gasteiger partial charge >= 0.3 is 0 Å². The second-order valence-corrected chi connectivity index (χ2v) is 4.85. The fourth-order valence-electron chi connectivity index (χ4n) is 2.30. The second kappa shape index (κ2) is 4.98. The van der Waals surface area contributed by atoms with Gasteiger partial charge in [-0.25, -0.2) is 4.39 Å². The molecule has 0 saturated heterocycles. The third kappa shape index (κ3) is 2.36. The zero-order chi connectivity index (χ0) is 15.0. The summed E-state index contributed by atoms with van der Waals surface area (Å²) in [7, 11) is 0. The van der Waals surface area contributed by atoms with Gasteiger partial charge in [0.25, 0.3) is 5.91 Å². The number of Topliss-reactive ketones (excluding diaryl/α,β-unsaturated/α-hetero) is 1. The van der Waals surface area contributed by atoms with Gasteiger partial charge in [-0.3, -0.25) is 9.59 Å². The van der Waals surface area contributed by atoms with Crippen molar-refractivity contribution in [1.29, 1.82) is 0 Å². The Morgan fingerprint density at radius 2 is 1.95 bits per heavy atom. The van der Waals surface area contributed by atoms with Crippen LogP contribution in [0.3, 0.4) is 0 Å². The molecule has 0 bridgehead atoms. The van der Waals surface area contributed by atoms with Crippen LogP contribution in [0, 0.1) is 5.82 Å². The number of rotatable bonds is 2. The highest BCUT2D eigenvalue weighted by atomic mass is 19.1. The van der Waals surface area contributed by atoms with E-state index in [1.165, 1.54) is 19.1 Å². The average molecular weight is 281 g/mol. The molecule has 2 aromatic carbocycles. The van der Waals surface area contributed by atoms with E-state index in [0.717, 1.165) is 0 Å². The maximum Gasteiger partial charge on any atom is 0.256 e. The highest BCUT2D eigenvalue weighted by Crippen LogP contribution is 2.34. The molecule has 0 radical (unpaired) electrons. The van der Waals surface area contributed by atoms with E-state index < -0.39 is 0 Å². The smallest absolute Gasteiger partial charge is 0.256 e. The number of fused-ring (bicyclic) bond motifs is 1. The van der Waals surface area contributed by atoms with E-state index in [1.54, 1.807) is 36.4 Å². The minimum atomic E-state index is -0.383. The Morgan fingerprint density at radius 1 is 1.19 bits per heavy atom. The standard InChI is InChI=1S/C17H12FNO2/c1-10(20)11-6-7-13-14(17(21)19-16(13)9-11)8-12-4-2-3-5-15(12)18/h2-9H,1H3,(H,19,21). The summed E-state index contributed by atoms with van der Waals surface area (Å²) < 4.78 is 13.7. The van der Waals surface area contributed by atoms with Crippen molar-refractivity contribution in [2.45, 2.75) is 6.92 Å². The maximum absolute atomic E-state index is 13.7. The number of halogens is 1. The Kier molecular flexibility index (Phi) is 3.14. The van der Waals surface area contributed by atoms with E-state index in [0.29, 0.717) is 28.0 Å². The topological polar surface area (TPSA) is 46.2 Å². The van der Waals surface area contributed by atoms with Crippen LogP contribution in [0.5, 0.6) is 0 Å². The fraction of sp³-hybridized carbons (Fsp3) is 0.0588. The Bertz CT molecular complexity index is 793. The van der Waals surface area contributed by atoms with Crippen molar-refractivity contribution in [1.82, 2.24) is 0 Å². The molecule has 104 valence electrons. The maximum atomic E-state index is 13.7. The molecule has 0 spiro atoms. The third-order valence-electron chi connectivity index (χ3n) is 3.41. The van der Waals surface area contributed by atoms with E-state index in [4.69, 9.17) is 0 Å². The van der Waals surface area contributed by atoms with Crippen molar-refractivity contribution in [2.75, 3.05) is 5.32 Å². The number of anilines is 1. The third-order valence-corrected chi connectivity index (χ3v) is 3.41. The molecule has 0 fully saturated rings. The highest BCUT2D eigenvalue weighted by Gasteiger charge is 2.24. The lowest BCUT2D eigenvalue weighted by Crippen LogP contribution is -2.04. The summed E-state index contributed by atoms with van der Waals surface area (Å²) in [5.74, 6) is -0.751. The Labute approximate surface area is 121 Å². The van der Waals surface area contributed by atoms with Crippen molar-refractivity contribution in [3.63, 3.8) is 0 Å². The van der Waals surface area contributed by atoms with Crippen molar-refractivity contribution >= 4 is 29.0 Å². The summed E-state index contributed by atoms with van der Waals surface area (Å²) in [5.41, 5.74) is 2.53. The van der Waals surface area contributed by atoms with Crippen LogP contribution >= 0.6 is 0 Å². The molecule has 0 unspecified atom stereocenters. The van der Waals surface area contributed by atoms with Gasteiger partial charge in [-0.2, -0.15) is 0 Å². The van der Waals surface area contributed by atoms with E-state index >= 15 is 0 Å². The normalized spacial score (nSPS) is 15.0. The summed E-state index contributed by atoms with van der Waals surface area (Å²) in [6, 6.07) is 11.3. The lowest BCUT2D eigenvalue weighted by molar-refractivity contribution is -0.110. The molecule has 1 amide bonds. The zero-order valence-corrected chi connectivity index (χ0v) is 11.3. The van der Waals surface area contributed by atoms with E-state index in [2.05, 4.69) is 5.32 Å². The van der Waals surface area contributed by atoms with Gasteiger partial charge in [0.2, 0.25) is 0 Å². The Morgan fingerprint density at radius 3 is 2.67 bits per heavy atom. The lowest BCUT2D eigenvalue weighted by atomic mass is 10.0. The molecule has 0 aromatic heterocycles. The van der Waals surface area contributed by atoms with Gasteiger partial charge in [-0.1, -0.05) is 30.3 Å². The van der Waals surface area contributed by atoms with Gasteiger partial charge in [0.05, 0.1) is 0 Å². The van der Waals surface area contributed by atoms with Crippen molar-refractivity contribution in [3.05, 3.63) is 65.0 Å². The summed E-state index contributed by atoms with van der Waals surface area (Å²) in [6.07, 6.45) is 1.52. The van der Waals surface area contributed by atoms with Crippen LogP contribution < -0.4 is 5.32 Å². The van der Waals surface area contributed by atoms with Gasteiger partial charge in [0.1, 0.15) is 5.82 Å². The van der Waals surface area contributed by atoms with E-state index in [1.807, 2.05) is 0 Å². The molecule has 3 nitrogen and oxygen atoms in total. The van der Waals surface area contributed by atoms with E-state index in [9.17, 15) is 14.0 Å². The SMILES string of the molecule is CC(=O)c1ccc2c(c1)NC(=O)C2=Cc1ccccc1F. The molecule has 0 aliphatic carbocycles. The number of carbonyl (C=O) groups is 2. The lowest BCUT2D eigenvalue weighted by Gasteiger charge is -2.01. The minimum Gasteiger partial charge on any atom is -0.321 e. The summed E-state index contributed by atoms with van der Waals surface area (Å²) in [6.45, 7) is 1.47. The van der Waals surface area contributed by atoms with Crippen LogP contribution in [-0.2, 0) is 4.79 Å². The largest absolute Gasteiger partial charge is 0.321 e. The quantitative estimate of drug-likeness (QED) is 0.676. The Hall–Kier alpha value is -2.75. The zero-order valence-electron chi connectivity index (χ0n) is 11.3. The minimum absolute atomic E-state index is 0.0708. The van der Waals surface area contributed by atoms with Crippen LogP contribution in [0.1, 0.15) is 28.4 Å². The molecule has 1 aliphatic rings. The van der Waals surface area contributed by atoms with Crippen LogP contribution in [-0.4, -0.2) is 11.7 Å². The number of ketones is 1. The number of benzene rings is 2. The summed E-state index contributed by atoms with van der Waals surface area (Å²) in [4.78, 5) is 23.4. The molecule has 3 rings (SSSR count). The molecule has 21 heavy (non-hydrogen) atoms. The van der Waals surface area contributed by atoms with E-state index in [-0.39, 0.29) is 17.5 Å². The number of hydrogen-bond acceptors (Lipinski definition) is 2. The summed E-state index contributed by atoms with van der Waals surface area (Å²) >= 11 is 0. The van der Waals surface area contributed by atoms with Crippen LogP contribution in [0.25, 0.3) is 11.6 Å². The molecule has 1 heterocycles. The fourth-order valence-corrected chi connectivity index (χ4v) is 2.30. The molecular formula is C17H12FNO2.